The van der Waals surface area contributed by atoms with Crippen LogP contribution in [-0.2, 0) is 4.74 Å². The number of hydrogen-bond donors (Lipinski definition) is 1. The smallest absolute Gasteiger partial charge is 0.355 e. The monoisotopic (exact) mass is 168 g/mol. The lowest BCUT2D eigenvalue weighted by molar-refractivity contribution is -0.209. The molecular formula is C7H14F2O2. The van der Waals surface area contributed by atoms with Gasteiger partial charge in [-0.15, -0.1) is 0 Å². The van der Waals surface area contributed by atoms with E-state index < -0.39 is 12.5 Å². The molecule has 1 N–H and O–H groups in total. The summed E-state index contributed by atoms with van der Waals surface area (Å²) in [7, 11) is 0. The van der Waals surface area contributed by atoms with E-state index in [1.807, 2.05) is 6.92 Å². The number of halogens is 2. The molecule has 0 aromatic carbocycles. The maximum atomic E-state index is 11.7. The summed E-state index contributed by atoms with van der Waals surface area (Å²) in [6.07, 6.45) is -2.34. The number of alkyl halides is 2. The third-order valence-electron chi connectivity index (χ3n) is 1.19. The fourth-order valence-electron chi connectivity index (χ4n) is 0.543. The topological polar surface area (TPSA) is 29.5 Å². The molecular weight excluding hydrogens is 154 g/mol. The maximum absolute atomic E-state index is 11.7. The van der Waals surface area contributed by atoms with Crippen LogP contribution in [0.3, 0.4) is 0 Å². The van der Waals surface area contributed by atoms with Crippen LogP contribution < -0.4 is 0 Å². The first-order valence-corrected chi connectivity index (χ1v) is 3.74. The predicted molar refractivity (Wildman–Crippen MR) is 37.5 cm³/mol. The lowest BCUT2D eigenvalue weighted by Gasteiger charge is -2.08. The Morgan fingerprint density at radius 1 is 1.36 bits per heavy atom. The molecule has 0 heterocycles. The first kappa shape index (κ1) is 10.8. The van der Waals surface area contributed by atoms with Crippen LogP contribution in [0, 0.1) is 0 Å². The lowest BCUT2D eigenvalue weighted by atomic mass is 10.3. The number of ether oxygens (including phenoxy) is 1. The number of unbranched alkanes of at least 4 members (excludes halogenated alkanes) is 1. The van der Waals surface area contributed by atoms with Gasteiger partial charge in [0.05, 0.1) is 13.0 Å². The van der Waals surface area contributed by atoms with Crippen LogP contribution in [0.1, 0.15) is 26.2 Å². The van der Waals surface area contributed by atoms with E-state index in [1.165, 1.54) is 0 Å². The molecule has 0 saturated heterocycles. The molecule has 0 fully saturated rings. The van der Waals surface area contributed by atoms with E-state index in [0.717, 1.165) is 12.8 Å². The van der Waals surface area contributed by atoms with Crippen molar-refractivity contribution < 1.29 is 18.6 Å². The largest absolute Gasteiger partial charge is 0.381 e. The molecule has 0 rings (SSSR count). The summed E-state index contributed by atoms with van der Waals surface area (Å²) in [6.45, 7) is 2.40. The van der Waals surface area contributed by atoms with Crippen molar-refractivity contribution in [3.63, 3.8) is 0 Å². The molecule has 0 aliphatic rings. The molecule has 0 aliphatic carbocycles. The first-order valence-electron chi connectivity index (χ1n) is 3.74. The van der Waals surface area contributed by atoms with Gasteiger partial charge in [0.15, 0.2) is 0 Å². The van der Waals surface area contributed by atoms with Crippen molar-refractivity contribution in [1.29, 1.82) is 0 Å². The van der Waals surface area contributed by atoms with E-state index in [2.05, 4.69) is 0 Å². The van der Waals surface area contributed by atoms with Gasteiger partial charge in [-0.2, -0.15) is 8.78 Å². The van der Waals surface area contributed by atoms with E-state index in [0.29, 0.717) is 6.61 Å². The average molecular weight is 168 g/mol. The molecule has 0 amide bonds. The maximum Gasteiger partial charge on any atom is 0.355 e. The van der Waals surface area contributed by atoms with Crippen LogP contribution in [0.15, 0.2) is 0 Å². The van der Waals surface area contributed by atoms with E-state index in [1.54, 1.807) is 0 Å². The Kier molecular flexibility index (Phi) is 5.32. The summed E-state index contributed by atoms with van der Waals surface area (Å²) >= 11 is 0. The minimum absolute atomic E-state index is 0.0799. The number of rotatable bonds is 6. The van der Waals surface area contributed by atoms with Crippen LogP contribution in [0.2, 0.25) is 0 Å². The Bertz CT molecular complexity index is 90.9. The van der Waals surface area contributed by atoms with Crippen molar-refractivity contribution in [3.8, 4) is 0 Å². The van der Waals surface area contributed by atoms with Crippen LogP contribution >= 0.6 is 0 Å². The van der Waals surface area contributed by atoms with Gasteiger partial charge in [0.1, 0.15) is 0 Å². The standard InChI is InChI=1S/C7H14F2O2/c1-2-3-5-11-6-4-7(8,9)10/h10H,2-6H2,1H3. The molecule has 0 atom stereocenters. The van der Waals surface area contributed by atoms with E-state index in [-0.39, 0.29) is 6.61 Å². The minimum Gasteiger partial charge on any atom is -0.381 e. The molecule has 0 aromatic rings. The van der Waals surface area contributed by atoms with Gasteiger partial charge in [-0.1, -0.05) is 13.3 Å². The van der Waals surface area contributed by atoms with Crippen molar-refractivity contribution in [3.05, 3.63) is 0 Å². The number of hydrogen-bond acceptors (Lipinski definition) is 2. The van der Waals surface area contributed by atoms with Crippen molar-refractivity contribution in [2.45, 2.75) is 32.3 Å². The highest BCUT2D eigenvalue weighted by molar-refractivity contribution is 4.46. The Morgan fingerprint density at radius 3 is 2.45 bits per heavy atom. The minimum atomic E-state index is -3.58. The highest BCUT2D eigenvalue weighted by atomic mass is 19.3. The molecule has 0 unspecified atom stereocenters. The highest BCUT2D eigenvalue weighted by Gasteiger charge is 2.23. The Hall–Kier alpha value is -0.220. The molecule has 0 bridgehead atoms. The fraction of sp³-hybridized carbons (Fsp3) is 1.00. The molecule has 68 valence electrons. The fourth-order valence-corrected chi connectivity index (χ4v) is 0.543. The Balaban J connectivity index is 3.02. The third-order valence-corrected chi connectivity index (χ3v) is 1.19. The molecule has 4 heteroatoms. The van der Waals surface area contributed by atoms with Gasteiger partial charge >= 0.3 is 6.11 Å². The molecule has 0 aliphatic heterocycles. The SMILES string of the molecule is CCCCOCCC(O)(F)F. The van der Waals surface area contributed by atoms with Crippen molar-refractivity contribution in [2.75, 3.05) is 13.2 Å². The quantitative estimate of drug-likeness (QED) is 0.612. The summed E-state index contributed by atoms with van der Waals surface area (Å²) in [5.74, 6) is 0. The molecule has 0 aromatic heterocycles. The zero-order chi connectivity index (χ0) is 8.74. The zero-order valence-corrected chi connectivity index (χ0v) is 6.65. The van der Waals surface area contributed by atoms with Gasteiger partial charge < -0.3 is 9.84 Å². The molecule has 0 radical (unpaired) electrons. The van der Waals surface area contributed by atoms with Crippen molar-refractivity contribution in [1.82, 2.24) is 0 Å². The summed E-state index contributed by atoms with van der Waals surface area (Å²) < 4.78 is 28.2. The molecule has 11 heavy (non-hydrogen) atoms. The first-order chi connectivity index (χ1) is 5.06. The normalized spacial score (nSPS) is 12.0. The van der Waals surface area contributed by atoms with Gasteiger partial charge in [0.2, 0.25) is 0 Å². The van der Waals surface area contributed by atoms with Gasteiger partial charge in [0, 0.05) is 6.61 Å². The van der Waals surface area contributed by atoms with Crippen LogP contribution in [-0.4, -0.2) is 24.4 Å². The van der Waals surface area contributed by atoms with E-state index in [4.69, 9.17) is 9.84 Å². The third kappa shape index (κ3) is 9.78. The van der Waals surface area contributed by atoms with Crippen LogP contribution in [0.5, 0.6) is 0 Å². The summed E-state index contributed by atoms with van der Waals surface area (Å²) in [5.41, 5.74) is 0. The highest BCUT2D eigenvalue weighted by Crippen LogP contribution is 2.12. The van der Waals surface area contributed by atoms with Crippen molar-refractivity contribution in [2.24, 2.45) is 0 Å². The number of aliphatic hydroxyl groups is 1. The van der Waals surface area contributed by atoms with E-state index in [9.17, 15) is 8.78 Å². The second-order valence-electron chi connectivity index (χ2n) is 2.38. The van der Waals surface area contributed by atoms with Gasteiger partial charge in [-0.25, -0.2) is 0 Å². The molecule has 2 nitrogen and oxygen atoms in total. The predicted octanol–water partition coefficient (Wildman–Crippen LogP) is 1.78. The summed E-state index contributed by atoms with van der Waals surface area (Å²) in [5, 5.41) is 7.96. The van der Waals surface area contributed by atoms with Crippen molar-refractivity contribution >= 4 is 0 Å². The van der Waals surface area contributed by atoms with E-state index >= 15 is 0 Å². The van der Waals surface area contributed by atoms with Gasteiger partial charge in [-0.05, 0) is 6.42 Å². The summed E-state index contributed by atoms with van der Waals surface area (Å²) in [4.78, 5) is 0. The van der Waals surface area contributed by atoms with Crippen LogP contribution in [0.25, 0.3) is 0 Å². The second kappa shape index (κ2) is 5.43. The van der Waals surface area contributed by atoms with Gasteiger partial charge in [-0.3, -0.25) is 0 Å². The zero-order valence-electron chi connectivity index (χ0n) is 6.65. The Labute approximate surface area is 65.2 Å². The van der Waals surface area contributed by atoms with Gasteiger partial charge in [0.25, 0.3) is 0 Å². The van der Waals surface area contributed by atoms with Crippen LogP contribution in [0.4, 0.5) is 8.78 Å². The lowest BCUT2D eigenvalue weighted by Crippen LogP contribution is -2.17. The second-order valence-corrected chi connectivity index (χ2v) is 2.38. The molecule has 0 saturated carbocycles. The Morgan fingerprint density at radius 2 is 2.00 bits per heavy atom. The molecule has 0 spiro atoms. The summed E-state index contributed by atoms with van der Waals surface area (Å²) in [6, 6.07) is 0. The average Bonchev–Trinajstić information content (AvgIpc) is 1.85.